The molecule has 0 fully saturated rings. The Morgan fingerprint density at radius 2 is 2.00 bits per heavy atom. The number of halogens is 1. The average molecular weight is 405 g/mol. The van der Waals surface area contributed by atoms with E-state index in [1.165, 1.54) is 11.8 Å². The Bertz CT molecular complexity index is 852. The van der Waals surface area contributed by atoms with Crippen molar-refractivity contribution in [2.24, 2.45) is 0 Å². The molecule has 2 aromatic rings. The Morgan fingerprint density at radius 1 is 1.26 bits per heavy atom. The number of ether oxygens (including phenoxy) is 1. The quantitative estimate of drug-likeness (QED) is 0.715. The van der Waals surface area contributed by atoms with Crippen molar-refractivity contribution in [2.45, 2.75) is 30.4 Å². The highest BCUT2D eigenvalue weighted by Gasteiger charge is 2.29. The number of benzene rings is 2. The van der Waals surface area contributed by atoms with Gasteiger partial charge in [0.25, 0.3) is 0 Å². The van der Waals surface area contributed by atoms with Crippen LogP contribution in [0.25, 0.3) is 0 Å². The molecule has 0 bridgehead atoms. The highest BCUT2D eigenvalue weighted by atomic mass is 35.5. The normalized spacial score (nSPS) is 15.7. The van der Waals surface area contributed by atoms with Gasteiger partial charge in [-0.15, -0.1) is 11.8 Å². The number of hydrogen-bond donors (Lipinski definition) is 2. The average Bonchev–Trinajstić information content (AvgIpc) is 2.61. The molecular weight excluding hydrogens is 384 g/mol. The Morgan fingerprint density at radius 3 is 2.74 bits per heavy atom. The molecule has 1 aliphatic heterocycles. The van der Waals surface area contributed by atoms with Gasteiger partial charge in [0, 0.05) is 16.3 Å². The number of nitrogens with one attached hydrogen (secondary N) is 2. The molecule has 0 saturated carbocycles. The van der Waals surface area contributed by atoms with Crippen molar-refractivity contribution < 1.29 is 14.3 Å². The second-order valence-electron chi connectivity index (χ2n) is 6.36. The number of carbonyl (C=O) groups excluding carboxylic acids is 2. The van der Waals surface area contributed by atoms with Gasteiger partial charge in [-0.2, -0.15) is 0 Å². The molecular formula is C20H21ClN2O3S. The zero-order valence-electron chi connectivity index (χ0n) is 15.2. The van der Waals surface area contributed by atoms with Crippen LogP contribution in [0.3, 0.4) is 0 Å². The molecule has 0 aromatic heterocycles. The lowest BCUT2D eigenvalue weighted by molar-refractivity contribution is -0.124. The summed E-state index contributed by atoms with van der Waals surface area (Å²) in [6.45, 7) is 4.75. The minimum absolute atomic E-state index is 0.113. The fourth-order valence-electron chi connectivity index (χ4n) is 2.87. The van der Waals surface area contributed by atoms with Gasteiger partial charge in [0.15, 0.2) is 0 Å². The highest BCUT2D eigenvalue weighted by molar-refractivity contribution is 8.01. The molecule has 0 radical (unpaired) electrons. The molecule has 2 aromatic carbocycles. The second kappa shape index (κ2) is 8.67. The van der Waals surface area contributed by atoms with Gasteiger partial charge in [-0.25, -0.2) is 0 Å². The molecule has 1 atom stereocenters. The SMILES string of the molecule is Cc1cccc(C)c1OCCNC(=O)CC1Sc2ccc(Cl)cc2NC1=O. The Kier molecular flexibility index (Phi) is 6.29. The summed E-state index contributed by atoms with van der Waals surface area (Å²) in [6.07, 6.45) is 0.113. The fourth-order valence-corrected chi connectivity index (χ4v) is 4.13. The Balaban J connectivity index is 1.47. The van der Waals surface area contributed by atoms with Crippen LogP contribution in [0.1, 0.15) is 17.5 Å². The van der Waals surface area contributed by atoms with Crippen LogP contribution in [0.5, 0.6) is 5.75 Å². The van der Waals surface area contributed by atoms with Crippen molar-refractivity contribution in [2.75, 3.05) is 18.5 Å². The minimum Gasteiger partial charge on any atom is -0.491 e. The smallest absolute Gasteiger partial charge is 0.238 e. The Labute approximate surface area is 167 Å². The number of para-hydroxylation sites is 1. The van der Waals surface area contributed by atoms with Gasteiger partial charge in [-0.05, 0) is 43.2 Å². The van der Waals surface area contributed by atoms with Gasteiger partial charge in [-0.1, -0.05) is 29.8 Å². The molecule has 142 valence electrons. The van der Waals surface area contributed by atoms with E-state index in [1.807, 2.05) is 38.1 Å². The van der Waals surface area contributed by atoms with Gasteiger partial charge in [0.1, 0.15) is 12.4 Å². The molecule has 0 aliphatic carbocycles. The number of rotatable bonds is 6. The third kappa shape index (κ3) is 4.96. The second-order valence-corrected chi connectivity index (χ2v) is 8.04. The van der Waals surface area contributed by atoms with Crippen LogP contribution in [0.2, 0.25) is 5.02 Å². The van der Waals surface area contributed by atoms with Gasteiger partial charge in [0.2, 0.25) is 11.8 Å². The van der Waals surface area contributed by atoms with Crippen LogP contribution >= 0.6 is 23.4 Å². The maximum Gasteiger partial charge on any atom is 0.238 e. The zero-order valence-corrected chi connectivity index (χ0v) is 16.7. The van der Waals surface area contributed by atoms with Gasteiger partial charge < -0.3 is 15.4 Å². The first kappa shape index (κ1) is 19.6. The number of anilines is 1. The predicted molar refractivity (Wildman–Crippen MR) is 109 cm³/mol. The van der Waals surface area contributed by atoms with Crippen molar-refractivity contribution in [3.63, 3.8) is 0 Å². The number of amides is 2. The summed E-state index contributed by atoms with van der Waals surface area (Å²) in [6, 6.07) is 11.3. The van der Waals surface area contributed by atoms with E-state index in [9.17, 15) is 9.59 Å². The molecule has 2 amide bonds. The van der Waals surface area contributed by atoms with E-state index in [4.69, 9.17) is 16.3 Å². The zero-order chi connectivity index (χ0) is 19.4. The summed E-state index contributed by atoms with van der Waals surface area (Å²) in [4.78, 5) is 25.3. The maximum atomic E-state index is 12.2. The summed E-state index contributed by atoms with van der Waals surface area (Å²) in [5.41, 5.74) is 2.82. The van der Waals surface area contributed by atoms with Crippen LogP contribution in [-0.4, -0.2) is 30.2 Å². The molecule has 1 unspecified atom stereocenters. The number of carbonyl (C=O) groups is 2. The third-order valence-corrected chi connectivity index (χ3v) is 5.72. The van der Waals surface area contributed by atoms with Crippen LogP contribution in [0.4, 0.5) is 5.69 Å². The molecule has 7 heteroatoms. The molecule has 0 spiro atoms. The van der Waals surface area contributed by atoms with Crippen LogP contribution in [0.15, 0.2) is 41.3 Å². The lowest BCUT2D eigenvalue weighted by atomic mass is 10.1. The first-order chi connectivity index (χ1) is 12.9. The molecule has 3 rings (SSSR count). The van der Waals surface area contributed by atoms with Gasteiger partial charge >= 0.3 is 0 Å². The van der Waals surface area contributed by atoms with Crippen molar-refractivity contribution in [3.8, 4) is 5.75 Å². The summed E-state index contributed by atoms with van der Waals surface area (Å²) in [7, 11) is 0. The number of thioether (sulfide) groups is 1. The van der Waals surface area contributed by atoms with Crippen molar-refractivity contribution in [3.05, 3.63) is 52.5 Å². The summed E-state index contributed by atoms with van der Waals surface area (Å²) < 4.78 is 5.78. The topological polar surface area (TPSA) is 67.4 Å². The van der Waals surface area contributed by atoms with E-state index in [0.29, 0.717) is 23.9 Å². The standard InChI is InChI=1S/C20H21ClN2O3S/c1-12-4-3-5-13(2)19(12)26-9-8-22-18(24)11-17-20(25)23-15-10-14(21)6-7-16(15)27-17/h3-7,10,17H,8-9,11H2,1-2H3,(H,22,24)(H,23,25). The lowest BCUT2D eigenvalue weighted by Crippen LogP contribution is -2.36. The number of fused-ring (bicyclic) bond motifs is 1. The van der Waals surface area contributed by atoms with Crippen LogP contribution in [-0.2, 0) is 9.59 Å². The van der Waals surface area contributed by atoms with Crippen LogP contribution in [0, 0.1) is 13.8 Å². The van der Waals surface area contributed by atoms with E-state index in [-0.39, 0.29) is 18.2 Å². The molecule has 1 heterocycles. The molecule has 27 heavy (non-hydrogen) atoms. The predicted octanol–water partition coefficient (Wildman–Crippen LogP) is 3.95. The fraction of sp³-hybridized carbons (Fsp3) is 0.300. The van der Waals surface area contributed by atoms with Crippen molar-refractivity contribution in [1.82, 2.24) is 5.32 Å². The summed E-state index contributed by atoms with van der Waals surface area (Å²) in [5, 5.41) is 5.73. The first-order valence-corrected chi connectivity index (χ1v) is 9.92. The lowest BCUT2D eigenvalue weighted by Gasteiger charge is -2.23. The van der Waals surface area contributed by atoms with E-state index in [2.05, 4.69) is 10.6 Å². The minimum atomic E-state index is -0.460. The molecule has 1 aliphatic rings. The van der Waals surface area contributed by atoms with Gasteiger partial charge in [0.05, 0.1) is 17.5 Å². The van der Waals surface area contributed by atoms with E-state index >= 15 is 0 Å². The monoisotopic (exact) mass is 404 g/mol. The maximum absolute atomic E-state index is 12.2. The third-order valence-electron chi connectivity index (χ3n) is 4.21. The number of aryl methyl sites for hydroxylation is 2. The number of hydrogen-bond acceptors (Lipinski definition) is 4. The first-order valence-electron chi connectivity index (χ1n) is 8.67. The van der Waals surface area contributed by atoms with Crippen molar-refractivity contribution >= 4 is 40.9 Å². The van der Waals surface area contributed by atoms with Gasteiger partial charge in [-0.3, -0.25) is 9.59 Å². The van der Waals surface area contributed by atoms with Crippen LogP contribution < -0.4 is 15.4 Å². The van der Waals surface area contributed by atoms with E-state index in [0.717, 1.165) is 21.8 Å². The summed E-state index contributed by atoms with van der Waals surface area (Å²) in [5.74, 6) is 0.492. The molecule has 2 N–H and O–H groups in total. The largest absolute Gasteiger partial charge is 0.491 e. The van der Waals surface area contributed by atoms with Crippen molar-refractivity contribution in [1.29, 1.82) is 0 Å². The van der Waals surface area contributed by atoms with E-state index in [1.54, 1.807) is 12.1 Å². The molecule has 0 saturated heterocycles. The highest BCUT2D eigenvalue weighted by Crippen LogP contribution is 2.38. The van der Waals surface area contributed by atoms with E-state index < -0.39 is 5.25 Å². The Hall–Kier alpha value is -2.18. The molecule has 5 nitrogen and oxygen atoms in total. The summed E-state index contributed by atoms with van der Waals surface area (Å²) >= 11 is 7.32.